The fourth-order valence-corrected chi connectivity index (χ4v) is 2.57. The molecule has 94 valence electrons. The van der Waals surface area contributed by atoms with Crippen LogP contribution < -0.4 is 4.74 Å². The minimum Gasteiger partial charge on any atom is -0.487 e. The molecule has 2 aromatic rings. The van der Waals surface area contributed by atoms with Gasteiger partial charge in [-0.05, 0) is 12.1 Å². The highest BCUT2D eigenvalue weighted by molar-refractivity contribution is 7.15. The lowest BCUT2D eigenvalue weighted by Crippen LogP contribution is -2.04. The first-order chi connectivity index (χ1) is 8.65. The number of carbonyl (C=O) groups is 1. The third kappa shape index (κ3) is 3.45. The third-order valence-corrected chi connectivity index (χ3v) is 3.38. The number of rotatable bonds is 5. The van der Waals surface area contributed by atoms with E-state index < -0.39 is 5.97 Å². The van der Waals surface area contributed by atoms with Gasteiger partial charge in [0.05, 0.1) is 12.1 Å². The number of thiazole rings is 1. The van der Waals surface area contributed by atoms with Crippen molar-refractivity contribution in [2.24, 2.45) is 0 Å². The zero-order valence-electron chi connectivity index (χ0n) is 9.30. The van der Waals surface area contributed by atoms with Crippen LogP contribution in [0.25, 0.3) is 0 Å². The molecule has 0 aliphatic heterocycles. The van der Waals surface area contributed by atoms with Gasteiger partial charge in [0.15, 0.2) is 4.47 Å². The van der Waals surface area contributed by atoms with E-state index in [1.54, 1.807) is 0 Å². The molecule has 6 heteroatoms. The van der Waals surface area contributed by atoms with Crippen molar-refractivity contribution in [3.05, 3.63) is 45.4 Å². The van der Waals surface area contributed by atoms with E-state index in [1.165, 1.54) is 11.3 Å². The molecule has 0 aliphatic rings. The summed E-state index contributed by atoms with van der Waals surface area (Å²) in [4.78, 5) is 15.4. The van der Waals surface area contributed by atoms with Gasteiger partial charge in [0.2, 0.25) is 0 Å². The Kier molecular flexibility index (Phi) is 4.17. The summed E-state index contributed by atoms with van der Waals surface area (Å²) in [6, 6.07) is 9.27. The van der Waals surface area contributed by atoms with Crippen LogP contribution in [0, 0.1) is 0 Å². The monoisotopic (exact) mass is 283 g/mol. The predicted molar refractivity (Wildman–Crippen MR) is 69.2 cm³/mol. The lowest BCUT2D eigenvalue weighted by Gasteiger charge is -2.04. The molecule has 0 saturated carbocycles. The Bertz CT molecular complexity index is 542. The van der Waals surface area contributed by atoms with E-state index in [9.17, 15) is 4.79 Å². The molecule has 4 nitrogen and oxygen atoms in total. The van der Waals surface area contributed by atoms with E-state index in [4.69, 9.17) is 21.4 Å². The highest BCUT2D eigenvalue weighted by Crippen LogP contribution is 2.24. The maximum Gasteiger partial charge on any atom is 0.308 e. The summed E-state index contributed by atoms with van der Waals surface area (Å²) in [5.41, 5.74) is 0.580. The fourth-order valence-electron chi connectivity index (χ4n) is 1.41. The Hall–Kier alpha value is -1.59. The van der Waals surface area contributed by atoms with E-state index >= 15 is 0 Å². The minimum absolute atomic E-state index is 0.0854. The summed E-state index contributed by atoms with van der Waals surface area (Å²) in [5.74, 6) is -0.195. The number of benzene rings is 1. The molecule has 1 heterocycles. The Labute approximate surface area is 113 Å². The van der Waals surface area contributed by atoms with Crippen LogP contribution in [0.15, 0.2) is 30.3 Å². The normalized spacial score (nSPS) is 10.3. The van der Waals surface area contributed by atoms with Gasteiger partial charge in [-0.25, -0.2) is 4.98 Å². The second-order valence-electron chi connectivity index (χ2n) is 3.51. The molecule has 0 unspecified atom stereocenters. The minimum atomic E-state index is -0.906. The number of carboxylic acid groups (broad SMARTS) is 1. The quantitative estimate of drug-likeness (QED) is 0.916. The third-order valence-electron chi connectivity index (χ3n) is 2.18. The molecule has 0 atom stereocenters. The number of hydrogen-bond donors (Lipinski definition) is 1. The molecular formula is C12H10ClNO3S. The van der Waals surface area contributed by atoms with Crippen molar-refractivity contribution in [2.75, 3.05) is 0 Å². The van der Waals surface area contributed by atoms with Crippen molar-refractivity contribution in [1.29, 1.82) is 0 Å². The summed E-state index contributed by atoms with van der Waals surface area (Å²) in [6.07, 6.45) is -0.0854. The number of aromatic nitrogens is 1. The SMILES string of the molecule is O=C(O)Cc1sc(Cl)nc1COc1ccccc1. The van der Waals surface area contributed by atoms with Gasteiger partial charge in [0, 0.05) is 4.88 Å². The number of nitrogens with zero attached hydrogens (tertiary/aromatic N) is 1. The molecule has 1 aromatic heterocycles. The van der Waals surface area contributed by atoms with Crippen molar-refractivity contribution in [1.82, 2.24) is 4.98 Å². The molecule has 0 amide bonds. The number of ether oxygens (including phenoxy) is 1. The van der Waals surface area contributed by atoms with Crippen molar-refractivity contribution >= 4 is 28.9 Å². The van der Waals surface area contributed by atoms with Crippen LogP contribution in [0.1, 0.15) is 10.6 Å². The Morgan fingerprint density at radius 1 is 1.39 bits per heavy atom. The maximum absolute atomic E-state index is 10.7. The van der Waals surface area contributed by atoms with Crippen LogP contribution in [0.4, 0.5) is 0 Å². The van der Waals surface area contributed by atoms with Crippen LogP contribution in [0.3, 0.4) is 0 Å². The maximum atomic E-state index is 10.7. The Morgan fingerprint density at radius 3 is 2.78 bits per heavy atom. The summed E-state index contributed by atoms with van der Waals surface area (Å²) >= 11 is 6.96. The van der Waals surface area contributed by atoms with Gasteiger partial charge in [-0.2, -0.15) is 0 Å². The molecule has 0 aliphatic carbocycles. The molecular weight excluding hydrogens is 274 g/mol. The van der Waals surface area contributed by atoms with Crippen LogP contribution >= 0.6 is 22.9 Å². The largest absolute Gasteiger partial charge is 0.487 e. The van der Waals surface area contributed by atoms with Crippen molar-refractivity contribution in [3.8, 4) is 5.75 Å². The second-order valence-corrected chi connectivity index (χ2v) is 5.17. The van der Waals surface area contributed by atoms with Crippen LogP contribution in [0.5, 0.6) is 5.75 Å². The zero-order chi connectivity index (χ0) is 13.0. The molecule has 18 heavy (non-hydrogen) atoms. The Morgan fingerprint density at radius 2 is 2.11 bits per heavy atom. The van der Waals surface area contributed by atoms with Crippen molar-refractivity contribution < 1.29 is 14.6 Å². The van der Waals surface area contributed by atoms with Gasteiger partial charge in [0.1, 0.15) is 12.4 Å². The molecule has 0 spiro atoms. The first kappa shape index (κ1) is 12.9. The van der Waals surface area contributed by atoms with E-state index in [2.05, 4.69) is 4.98 Å². The highest BCUT2D eigenvalue weighted by Gasteiger charge is 2.13. The van der Waals surface area contributed by atoms with Gasteiger partial charge in [-0.15, -0.1) is 11.3 Å². The predicted octanol–water partition coefficient (Wildman–Crippen LogP) is 3.00. The molecule has 1 N–H and O–H groups in total. The number of carboxylic acids is 1. The highest BCUT2D eigenvalue weighted by atomic mass is 35.5. The van der Waals surface area contributed by atoms with Gasteiger partial charge in [0.25, 0.3) is 0 Å². The first-order valence-corrected chi connectivity index (χ1v) is 6.38. The van der Waals surface area contributed by atoms with E-state index in [-0.39, 0.29) is 13.0 Å². The average molecular weight is 284 g/mol. The molecule has 0 radical (unpaired) electrons. The van der Waals surface area contributed by atoms with E-state index in [0.29, 0.717) is 20.8 Å². The van der Waals surface area contributed by atoms with Crippen LogP contribution in [-0.4, -0.2) is 16.1 Å². The molecule has 2 rings (SSSR count). The van der Waals surface area contributed by atoms with Gasteiger partial charge >= 0.3 is 5.97 Å². The fraction of sp³-hybridized carbons (Fsp3) is 0.167. The molecule has 0 bridgehead atoms. The summed E-state index contributed by atoms with van der Waals surface area (Å²) in [7, 11) is 0. The standard InChI is InChI=1S/C12H10ClNO3S/c13-12-14-9(10(18-12)6-11(15)16)7-17-8-4-2-1-3-5-8/h1-5H,6-7H2,(H,15,16). The topological polar surface area (TPSA) is 59.4 Å². The number of halogens is 1. The summed E-state index contributed by atoms with van der Waals surface area (Å²) in [6.45, 7) is 0.218. The first-order valence-electron chi connectivity index (χ1n) is 5.19. The number of aliphatic carboxylic acids is 1. The average Bonchev–Trinajstić information content (AvgIpc) is 2.67. The van der Waals surface area contributed by atoms with Crippen molar-refractivity contribution in [2.45, 2.75) is 13.0 Å². The van der Waals surface area contributed by atoms with Gasteiger partial charge < -0.3 is 9.84 Å². The zero-order valence-corrected chi connectivity index (χ0v) is 10.9. The lowest BCUT2D eigenvalue weighted by atomic mass is 10.3. The van der Waals surface area contributed by atoms with Gasteiger partial charge in [-0.3, -0.25) is 4.79 Å². The van der Waals surface area contributed by atoms with Gasteiger partial charge in [-0.1, -0.05) is 29.8 Å². The number of para-hydroxylation sites is 1. The molecule has 0 saturated heterocycles. The summed E-state index contributed by atoms with van der Waals surface area (Å²) < 4.78 is 5.85. The second kappa shape index (κ2) is 5.84. The van der Waals surface area contributed by atoms with Crippen LogP contribution in [-0.2, 0) is 17.8 Å². The summed E-state index contributed by atoms with van der Waals surface area (Å²) in [5, 5.41) is 8.78. The van der Waals surface area contributed by atoms with E-state index in [1.807, 2.05) is 30.3 Å². The van der Waals surface area contributed by atoms with Crippen molar-refractivity contribution in [3.63, 3.8) is 0 Å². The Balaban J connectivity index is 2.07. The lowest BCUT2D eigenvalue weighted by molar-refractivity contribution is -0.136. The van der Waals surface area contributed by atoms with E-state index in [0.717, 1.165) is 0 Å². The molecule has 1 aromatic carbocycles. The smallest absolute Gasteiger partial charge is 0.308 e. The number of hydrogen-bond acceptors (Lipinski definition) is 4. The van der Waals surface area contributed by atoms with Crippen LogP contribution in [0.2, 0.25) is 4.47 Å². The molecule has 0 fully saturated rings.